The normalized spacial score (nSPS) is 21.1. The van der Waals surface area contributed by atoms with Gasteiger partial charge in [-0.3, -0.25) is 4.90 Å². The fraction of sp³-hybridized carbons (Fsp3) is 0.667. The Bertz CT molecular complexity index is 683. The number of aromatic nitrogens is 3. The van der Waals surface area contributed by atoms with Crippen molar-refractivity contribution < 1.29 is 0 Å². The average Bonchev–Trinajstić information content (AvgIpc) is 2.77. The molecule has 0 aromatic carbocycles. The quantitative estimate of drug-likeness (QED) is 0.842. The van der Waals surface area contributed by atoms with Gasteiger partial charge in [0, 0.05) is 36.8 Å². The first-order chi connectivity index (χ1) is 11.6. The maximum Gasteiger partial charge on any atom is 0.160 e. The summed E-state index contributed by atoms with van der Waals surface area (Å²) in [4.78, 5) is 12.2. The van der Waals surface area contributed by atoms with E-state index in [0.717, 1.165) is 61.2 Å². The van der Waals surface area contributed by atoms with Crippen LogP contribution in [0.15, 0.2) is 16.7 Å². The molecule has 0 amide bonds. The smallest absolute Gasteiger partial charge is 0.160 e. The van der Waals surface area contributed by atoms with Gasteiger partial charge >= 0.3 is 0 Å². The summed E-state index contributed by atoms with van der Waals surface area (Å²) in [7, 11) is 0. The number of hydrogen-bond donors (Lipinski definition) is 1. The summed E-state index contributed by atoms with van der Waals surface area (Å²) >= 11 is 3.52. The zero-order valence-corrected chi connectivity index (χ0v) is 16.5. The highest BCUT2D eigenvalue weighted by Crippen LogP contribution is 2.29. The first-order valence-corrected chi connectivity index (χ1v) is 9.89. The number of pyridine rings is 1. The van der Waals surface area contributed by atoms with Gasteiger partial charge in [-0.25, -0.2) is 9.97 Å². The standard InChI is InChI=1S/C18H28BrN5/c1-4-6-16(23-8-7-20-10-13(3)12-23)18-22-15-9-14(19)11-21-17(15)24(18)5-2/h9,11,13,16,20H,4-8,10,12H2,1-3H3/t13-,16+/m1/s1. The summed E-state index contributed by atoms with van der Waals surface area (Å²) in [5.41, 5.74) is 1.99. The Morgan fingerprint density at radius 3 is 3.00 bits per heavy atom. The summed E-state index contributed by atoms with van der Waals surface area (Å²) in [6.45, 7) is 12.1. The van der Waals surface area contributed by atoms with Crippen molar-refractivity contribution in [1.82, 2.24) is 24.8 Å². The van der Waals surface area contributed by atoms with Gasteiger partial charge in [0.05, 0.1) is 6.04 Å². The molecule has 1 N–H and O–H groups in total. The molecule has 132 valence electrons. The number of fused-ring (bicyclic) bond motifs is 1. The highest BCUT2D eigenvalue weighted by molar-refractivity contribution is 9.10. The maximum atomic E-state index is 5.00. The molecule has 0 saturated carbocycles. The van der Waals surface area contributed by atoms with E-state index < -0.39 is 0 Å². The number of halogens is 1. The molecule has 2 aromatic rings. The molecule has 0 spiro atoms. The second kappa shape index (κ2) is 7.93. The Morgan fingerprint density at radius 1 is 1.42 bits per heavy atom. The van der Waals surface area contributed by atoms with Gasteiger partial charge in [-0.15, -0.1) is 0 Å². The summed E-state index contributed by atoms with van der Waals surface area (Å²) in [5.74, 6) is 1.84. The molecule has 1 aliphatic heterocycles. The van der Waals surface area contributed by atoms with Crippen molar-refractivity contribution in [3.05, 3.63) is 22.6 Å². The van der Waals surface area contributed by atoms with Gasteiger partial charge < -0.3 is 9.88 Å². The molecular formula is C18H28BrN5. The molecule has 3 rings (SSSR count). The predicted octanol–water partition coefficient (Wildman–Crippen LogP) is 3.60. The Morgan fingerprint density at radius 2 is 2.25 bits per heavy atom. The van der Waals surface area contributed by atoms with E-state index in [1.54, 1.807) is 0 Å². The second-order valence-corrected chi connectivity index (χ2v) is 7.73. The van der Waals surface area contributed by atoms with E-state index in [4.69, 9.17) is 4.98 Å². The molecule has 1 aliphatic rings. The van der Waals surface area contributed by atoms with Crippen LogP contribution in [0.1, 0.15) is 45.5 Å². The van der Waals surface area contributed by atoms with Gasteiger partial charge in [0.2, 0.25) is 0 Å². The van der Waals surface area contributed by atoms with Gasteiger partial charge in [-0.1, -0.05) is 20.3 Å². The predicted molar refractivity (Wildman–Crippen MR) is 102 cm³/mol. The molecule has 2 aromatic heterocycles. The van der Waals surface area contributed by atoms with Crippen molar-refractivity contribution in [3.63, 3.8) is 0 Å². The molecule has 6 heteroatoms. The van der Waals surface area contributed by atoms with Crippen LogP contribution in [0.3, 0.4) is 0 Å². The fourth-order valence-corrected chi connectivity index (χ4v) is 4.05. The lowest BCUT2D eigenvalue weighted by Crippen LogP contribution is -2.35. The maximum absolute atomic E-state index is 5.00. The lowest BCUT2D eigenvalue weighted by Gasteiger charge is -2.31. The number of nitrogens with zero attached hydrogens (tertiary/aromatic N) is 4. The van der Waals surface area contributed by atoms with Crippen LogP contribution in [0.25, 0.3) is 11.2 Å². The molecular weight excluding hydrogens is 366 g/mol. The van der Waals surface area contributed by atoms with E-state index in [2.05, 4.69) is 62.5 Å². The molecule has 24 heavy (non-hydrogen) atoms. The second-order valence-electron chi connectivity index (χ2n) is 6.82. The van der Waals surface area contributed by atoms with Crippen LogP contribution >= 0.6 is 15.9 Å². The van der Waals surface area contributed by atoms with E-state index in [1.807, 2.05) is 6.20 Å². The van der Waals surface area contributed by atoms with Crippen molar-refractivity contribution in [2.45, 2.75) is 46.2 Å². The average molecular weight is 394 g/mol. The van der Waals surface area contributed by atoms with Crippen molar-refractivity contribution in [3.8, 4) is 0 Å². The van der Waals surface area contributed by atoms with Crippen LogP contribution < -0.4 is 5.32 Å². The zero-order chi connectivity index (χ0) is 17.1. The minimum Gasteiger partial charge on any atom is -0.315 e. The fourth-order valence-electron chi connectivity index (χ4n) is 3.73. The minimum absolute atomic E-state index is 0.366. The Hall–Kier alpha value is -0.980. The SMILES string of the molecule is CCC[C@@H](c1nc2cc(Br)cnc2n1CC)N1CCNC[C@@H](C)C1. The van der Waals surface area contributed by atoms with Crippen LogP contribution in [0.5, 0.6) is 0 Å². The monoisotopic (exact) mass is 393 g/mol. The molecule has 2 atom stereocenters. The first-order valence-electron chi connectivity index (χ1n) is 9.10. The van der Waals surface area contributed by atoms with Gasteiger partial charge in [-0.05, 0) is 47.8 Å². The van der Waals surface area contributed by atoms with Crippen LogP contribution in [-0.4, -0.2) is 45.6 Å². The third kappa shape index (κ3) is 3.65. The lowest BCUT2D eigenvalue weighted by molar-refractivity contribution is 0.170. The molecule has 1 saturated heterocycles. The third-order valence-electron chi connectivity index (χ3n) is 4.81. The van der Waals surface area contributed by atoms with Crippen LogP contribution in [-0.2, 0) is 6.54 Å². The van der Waals surface area contributed by atoms with Crippen molar-refractivity contribution >= 4 is 27.1 Å². The van der Waals surface area contributed by atoms with Crippen molar-refractivity contribution in [2.75, 3.05) is 26.2 Å². The van der Waals surface area contributed by atoms with Crippen LogP contribution in [0.4, 0.5) is 0 Å². The van der Waals surface area contributed by atoms with Crippen LogP contribution in [0, 0.1) is 5.92 Å². The molecule has 1 fully saturated rings. The lowest BCUT2D eigenvalue weighted by atomic mass is 10.1. The minimum atomic E-state index is 0.366. The third-order valence-corrected chi connectivity index (χ3v) is 5.25. The number of nitrogens with one attached hydrogen (secondary N) is 1. The van der Waals surface area contributed by atoms with E-state index in [-0.39, 0.29) is 0 Å². The highest BCUT2D eigenvalue weighted by Gasteiger charge is 2.27. The Balaban J connectivity index is 2.02. The topological polar surface area (TPSA) is 46.0 Å². The molecule has 3 heterocycles. The molecule has 0 aliphatic carbocycles. The first kappa shape index (κ1) is 17.8. The number of aryl methyl sites for hydroxylation is 1. The molecule has 0 unspecified atom stereocenters. The summed E-state index contributed by atoms with van der Waals surface area (Å²) < 4.78 is 3.28. The number of rotatable bonds is 5. The molecule has 5 nitrogen and oxygen atoms in total. The largest absolute Gasteiger partial charge is 0.315 e. The van der Waals surface area contributed by atoms with Gasteiger partial charge in [0.15, 0.2) is 5.65 Å². The zero-order valence-electron chi connectivity index (χ0n) is 14.9. The van der Waals surface area contributed by atoms with Gasteiger partial charge in [0.25, 0.3) is 0 Å². The summed E-state index contributed by atoms with van der Waals surface area (Å²) in [6, 6.07) is 2.44. The highest BCUT2D eigenvalue weighted by atomic mass is 79.9. The Kier molecular flexibility index (Phi) is 5.89. The van der Waals surface area contributed by atoms with Gasteiger partial charge in [0.1, 0.15) is 11.3 Å². The van der Waals surface area contributed by atoms with E-state index in [9.17, 15) is 0 Å². The Labute approximate surface area is 153 Å². The van der Waals surface area contributed by atoms with E-state index >= 15 is 0 Å². The summed E-state index contributed by atoms with van der Waals surface area (Å²) in [6.07, 6.45) is 4.16. The van der Waals surface area contributed by atoms with Crippen LogP contribution in [0.2, 0.25) is 0 Å². The van der Waals surface area contributed by atoms with E-state index in [1.165, 1.54) is 5.82 Å². The number of imidazole rings is 1. The van der Waals surface area contributed by atoms with E-state index in [0.29, 0.717) is 12.0 Å². The van der Waals surface area contributed by atoms with Crippen molar-refractivity contribution in [2.24, 2.45) is 5.92 Å². The van der Waals surface area contributed by atoms with Crippen molar-refractivity contribution in [1.29, 1.82) is 0 Å². The summed E-state index contributed by atoms with van der Waals surface area (Å²) in [5, 5.41) is 3.55. The molecule has 0 bridgehead atoms. The molecule has 0 radical (unpaired) electrons. The van der Waals surface area contributed by atoms with Gasteiger partial charge in [-0.2, -0.15) is 0 Å². The number of hydrogen-bond acceptors (Lipinski definition) is 4.